The predicted molar refractivity (Wildman–Crippen MR) is 52.5 cm³/mol. The summed E-state index contributed by atoms with van der Waals surface area (Å²) in [5, 5.41) is 8.14. The molecule has 1 aromatic carbocycles. The van der Waals surface area contributed by atoms with Crippen LogP contribution in [-0.4, -0.2) is 23.6 Å². The van der Waals surface area contributed by atoms with Gasteiger partial charge in [-0.3, -0.25) is 9.63 Å². The lowest BCUT2D eigenvalue weighted by atomic mass is 10.2. The maximum Gasteiger partial charge on any atom is 0.332 e. The number of carboxylic acids is 1. The van der Waals surface area contributed by atoms with E-state index >= 15 is 0 Å². The van der Waals surface area contributed by atoms with E-state index in [1.807, 2.05) is 0 Å². The molecule has 0 bridgehead atoms. The number of nitrogens with one attached hydrogen (secondary N) is 1. The largest absolute Gasteiger partial charge is 0.479 e. The minimum absolute atomic E-state index is 0.0866. The molecule has 0 saturated carbocycles. The molecule has 7 heteroatoms. The van der Waals surface area contributed by atoms with Crippen LogP contribution >= 0.6 is 11.6 Å². The zero-order valence-electron chi connectivity index (χ0n) is 7.87. The second-order valence-corrected chi connectivity index (χ2v) is 3.12. The van der Waals surface area contributed by atoms with Gasteiger partial charge in [-0.05, 0) is 12.1 Å². The minimum Gasteiger partial charge on any atom is -0.479 e. The molecule has 0 saturated heterocycles. The summed E-state index contributed by atoms with van der Waals surface area (Å²) in [4.78, 5) is 25.7. The van der Waals surface area contributed by atoms with Gasteiger partial charge < -0.3 is 5.11 Å². The highest BCUT2D eigenvalue weighted by atomic mass is 35.5. The van der Waals surface area contributed by atoms with Crippen LogP contribution in [0.25, 0.3) is 0 Å². The van der Waals surface area contributed by atoms with E-state index in [9.17, 15) is 14.0 Å². The number of hydroxylamine groups is 1. The number of hydrogen-bond acceptors (Lipinski definition) is 3. The lowest BCUT2D eigenvalue weighted by Gasteiger charge is -2.06. The van der Waals surface area contributed by atoms with Gasteiger partial charge in [0.2, 0.25) is 0 Å². The van der Waals surface area contributed by atoms with E-state index < -0.39 is 29.9 Å². The van der Waals surface area contributed by atoms with Crippen molar-refractivity contribution in [3.05, 3.63) is 34.6 Å². The molecule has 0 unspecified atom stereocenters. The Morgan fingerprint density at radius 3 is 2.75 bits per heavy atom. The van der Waals surface area contributed by atoms with Gasteiger partial charge in [0, 0.05) is 0 Å². The average Bonchev–Trinajstić information content (AvgIpc) is 2.16. The van der Waals surface area contributed by atoms with Gasteiger partial charge in [-0.25, -0.2) is 14.7 Å². The van der Waals surface area contributed by atoms with Crippen LogP contribution in [0.2, 0.25) is 5.02 Å². The molecular formula is C9H7ClFNO4. The molecule has 0 fully saturated rings. The van der Waals surface area contributed by atoms with Crippen LogP contribution in [0.1, 0.15) is 10.4 Å². The van der Waals surface area contributed by atoms with Crippen LogP contribution in [0, 0.1) is 5.82 Å². The third-order valence-electron chi connectivity index (χ3n) is 1.55. The molecule has 0 atom stereocenters. The fourth-order valence-electron chi connectivity index (χ4n) is 0.929. The molecular weight excluding hydrogens is 241 g/mol. The fourth-order valence-corrected chi connectivity index (χ4v) is 1.18. The quantitative estimate of drug-likeness (QED) is 0.785. The van der Waals surface area contributed by atoms with Crippen LogP contribution < -0.4 is 5.48 Å². The van der Waals surface area contributed by atoms with E-state index in [1.165, 1.54) is 12.1 Å². The maximum absolute atomic E-state index is 13.2. The first-order valence-electron chi connectivity index (χ1n) is 4.10. The lowest BCUT2D eigenvalue weighted by molar-refractivity contribution is -0.144. The number of carboxylic acid groups (broad SMARTS) is 1. The van der Waals surface area contributed by atoms with Crippen molar-refractivity contribution >= 4 is 23.5 Å². The molecule has 0 radical (unpaired) electrons. The van der Waals surface area contributed by atoms with E-state index in [4.69, 9.17) is 16.7 Å². The highest BCUT2D eigenvalue weighted by molar-refractivity contribution is 6.33. The monoisotopic (exact) mass is 247 g/mol. The number of aliphatic carboxylic acids is 1. The van der Waals surface area contributed by atoms with Crippen molar-refractivity contribution in [2.24, 2.45) is 0 Å². The van der Waals surface area contributed by atoms with Crippen molar-refractivity contribution in [2.75, 3.05) is 6.61 Å². The number of carbonyl (C=O) groups is 2. The molecule has 0 aliphatic carbocycles. The van der Waals surface area contributed by atoms with Gasteiger partial charge in [-0.15, -0.1) is 0 Å². The SMILES string of the molecule is O=C(O)CONC(=O)c1c(F)cccc1Cl. The molecule has 0 spiro atoms. The van der Waals surface area contributed by atoms with Crippen molar-refractivity contribution in [3.8, 4) is 0 Å². The molecule has 1 rings (SSSR count). The number of benzene rings is 1. The van der Waals surface area contributed by atoms with Crippen molar-refractivity contribution in [3.63, 3.8) is 0 Å². The van der Waals surface area contributed by atoms with E-state index in [-0.39, 0.29) is 5.02 Å². The number of rotatable bonds is 4. The van der Waals surface area contributed by atoms with Crippen LogP contribution in [0.4, 0.5) is 4.39 Å². The summed E-state index contributed by atoms with van der Waals surface area (Å²) < 4.78 is 13.2. The van der Waals surface area contributed by atoms with Gasteiger partial charge in [0.05, 0.1) is 10.6 Å². The Bertz CT molecular complexity index is 404. The van der Waals surface area contributed by atoms with Crippen LogP contribution in [-0.2, 0) is 9.63 Å². The summed E-state index contributed by atoms with van der Waals surface area (Å²) in [5.41, 5.74) is 1.37. The standard InChI is InChI=1S/C9H7ClFNO4/c10-5-2-1-3-6(11)8(5)9(15)12-16-4-7(13)14/h1-3H,4H2,(H,12,15)(H,13,14). The molecule has 0 aliphatic heterocycles. The van der Waals surface area contributed by atoms with Gasteiger partial charge >= 0.3 is 5.97 Å². The Labute approximate surface area is 94.7 Å². The number of amides is 1. The Kier molecular flexibility index (Phi) is 4.21. The molecule has 16 heavy (non-hydrogen) atoms. The normalized spacial score (nSPS) is 9.88. The molecule has 1 amide bonds. The summed E-state index contributed by atoms with van der Waals surface area (Å²) in [5.74, 6) is -3.02. The summed E-state index contributed by atoms with van der Waals surface area (Å²) in [6.07, 6.45) is 0. The van der Waals surface area contributed by atoms with Crippen molar-refractivity contribution in [2.45, 2.75) is 0 Å². The van der Waals surface area contributed by atoms with Gasteiger partial charge in [0.1, 0.15) is 5.82 Å². The molecule has 1 aromatic rings. The fraction of sp³-hybridized carbons (Fsp3) is 0.111. The topological polar surface area (TPSA) is 75.6 Å². The highest BCUT2D eigenvalue weighted by Gasteiger charge is 2.15. The van der Waals surface area contributed by atoms with Crippen LogP contribution in [0.5, 0.6) is 0 Å². The molecule has 2 N–H and O–H groups in total. The Balaban J connectivity index is 2.70. The zero-order valence-corrected chi connectivity index (χ0v) is 8.62. The number of hydrogen-bond donors (Lipinski definition) is 2. The predicted octanol–water partition coefficient (Wildman–Crippen LogP) is 1.23. The molecule has 5 nitrogen and oxygen atoms in total. The first-order chi connectivity index (χ1) is 7.52. The first kappa shape index (κ1) is 12.4. The van der Waals surface area contributed by atoms with E-state index in [0.29, 0.717) is 0 Å². The average molecular weight is 248 g/mol. The summed E-state index contributed by atoms with van der Waals surface area (Å²) in [6.45, 7) is -0.724. The van der Waals surface area contributed by atoms with Crippen LogP contribution in [0.15, 0.2) is 18.2 Å². The number of halogens is 2. The lowest BCUT2D eigenvalue weighted by Crippen LogP contribution is -2.27. The minimum atomic E-state index is -1.26. The molecule has 86 valence electrons. The zero-order chi connectivity index (χ0) is 12.1. The highest BCUT2D eigenvalue weighted by Crippen LogP contribution is 2.18. The second-order valence-electron chi connectivity index (χ2n) is 2.71. The number of carbonyl (C=O) groups excluding carboxylic acids is 1. The molecule has 0 heterocycles. The van der Waals surface area contributed by atoms with Crippen molar-refractivity contribution in [1.29, 1.82) is 0 Å². The smallest absolute Gasteiger partial charge is 0.332 e. The van der Waals surface area contributed by atoms with Gasteiger partial charge in [0.15, 0.2) is 6.61 Å². The molecule has 0 aliphatic rings. The van der Waals surface area contributed by atoms with Gasteiger partial charge in [-0.2, -0.15) is 0 Å². The van der Waals surface area contributed by atoms with Crippen molar-refractivity contribution < 1.29 is 23.9 Å². The summed E-state index contributed by atoms with van der Waals surface area (Å²) >= 11 is 5.59. The molecule has 0 aromatic heterocycles. The van der Waals surface area contributed by atoms with E-state index in [2.05, 4.69) is 4.84 Å². The Morgan fingerprint density at radius 1 is 1.50 bits per heavy atom. The van der Waals surface area contributed by atoms with Gasteiger partial charge in [-0.1, -0.05) is 17.7 Å². The summed E-state index contributed by atoms with van der Waals surface area (Å²) in [6, 6.07) is 3.72. The van der Waals surface area contributed by atoms with Crippen LogP contribution in [0.3, 0.4) is 0 Å². The first-order valence-corrected chi connectivity index (χ1v) is 4.48. The van der Waals surface area contributed by atoms with E-state index in [1.54, 1.807) is 5.48 Å². The van der Waals surface area contributed by atoms with E-state index in [0.717, 1.165) is 6.07 Å². The van der Waals surface area contributed by atoms with Gasteiger partial charge in [0.25, 0.3) is 5.91 Å². The third kappa shape index (κ3) is 3.18. The Morgan fingerprint density at radius 2 is 2.19 bits per heavy atom. The van der Waals surface area contributed by atoms with Crippen molar-refractivity contribution in [1.82, 2.24) is 5.48 Å². The second kappa shape index (κ2) is 5.43. The Hall–Kier alpha value is -1.66. The summed E-state index contributed by atoms with van der Waals surface area (Å²) in [7, 11) is 0. The third-order valence-corrected chi connectivity index (χ3v) is 1.87. The maximum atomic E-state index is 13.2.